The number of aliphatic hydroxyl groups excluding tert-OH is 1. The molecular formula is C7H11NO2S. The van der Waals surface area contributed by atoms with E-state index in [1.165, 1.54) is 0 Å². The molecule has 4 heteroatoms. The number of fused-ring (bicyclic) bond motifs is 1. The van der Waals surface area contributed by atoms with Crippen LogP contribution in [0.25, 0.3) is 0 Å². The van der Waals surface area contributed by atoms with E-state index in [9.17, 15) is 4.79 Å². The first-order valence-corrected chi connectivity index (χ1v) is 4.47. The average molecular weight is 173 g/mol. The Balaban J connectivity index is 0.000000281. The fourth-order valence-electron chi connectivity index (χ4n) is 1.04. The second kappa shape index (κ2) is 3.78. The zero-order valence-corrected chi connectivity index (χ0v) is 7.17. The van der Waals surface area contributed by atoms with Crippen LogP contribution in [0, 0.1) is 0 Å². The van der Waals surface area contributed by atoms with Gasteiger partial charge in [0, 0.05) is 19.1 Å². The Morgan fingerprint density at radius 2 is 2.45 bits per heavy atom. The lowest BCUT2D eigenvalue weighted by Crippen LogP contribution is -2.48. The van der Waals surface area contributed by atoms with Crippen molar-refractivity contribution in [1.29, 1.82) is 0 Å². The molecule has 0 radical (unpaired) electrons. The molecule has 62 valence electrons. The summed E-state index contributed by atoms with van der Waals surface area (Å²) < 4.78 is 0. The van der Waals surface area contributed by atoms with Crippen molar-refractivity contribution < 1.29 is 9.90 Å². The van der Waals surface area contributed by atoms with Gasteiger partial charge in [-0.15, -0.1) is 11.8 Å². The molecule has 0 spiro atoms. The number of rotatable bonds is 0. The number of carbonyl (C=O) groups is 1. The first kappa shape index (κ1) is 8.62. The van der Waals surface area contributed by atoms with E-state index < -0.39 is 0 Å². The number of hydrogen-bond acceptors (Lipinski definition) is 3. The summed E-state index contributed by atoms with van der Waals surface area (Å²) in [5, 5.41) is 7.47. The van der Waals surface area contributed by atoms with Crippen LogP contribution >= 0.6 is 11.8 Å². The second-order valence-electron chi connectivity index (χ2n) is 2.18. The lowest BCUT2D eigenvalue weighted by Gasteiger charge is -2.39. The van der Waals surface area contributed by atoms with Crippen LogP contribution in [0.2, 0.25) is 0 Å². The van der Waals surface area contributed by atoms with Crippen LogP contribution in [0.4, 0.5) is 0 Å². The number of amides is 1. The summed E-state index contributed by atoms with van der Waals surface area (Å²) in [7, 11) is 1.00. The van der Waals surface area contributed by atoms with Crippen LogP contribution < -0.4 is 0 Å². The third-order valence-electron chi connectivity index (χ3n) is 1.60. The molecule has 1 N–H and O–H groups in total. The van der Waals surface area contributed by atoms with Gasteiger partial charge in [0.2, 0.25) is 5.91 Å². The van der Waals surface area contributed by atoms with E-state index in [2.05, 4.69) is 0 Å². The maximum Gasteiger partial charge on any atom is 0.230 e. The Labute approximate surface area is 70.1 Å². The summed E-state index contributed by atoms with van der Waals surface area (Å²) >= 11 is 1.84. The highest BCUT2D eigenvalue weighted by atomic mass is 32.2. The zero-order chi connectivity index (χ0) is 8.27. The molecule has 0 aliphatic carbocycles. The van der Waals surface area contributed by atoms with Gasteiger partial charge in [0.05, 0.1) is 11.8 Å². The molecule has 2 heterocycles. The van der Waals surface area contributed by atoms with Crippen molar-refractivity contribution in [2.24, 2.45) is 0 Å². The van der Waals surface area contributed by atoms with Crippen molar-refractivity contribution >= 4 is 17.7 Å². The highest BCUT2D eigenvalue weighted by Crippen LogP contribution is 2.32. The molecule has 2 rings (SSSR count). The maximum atomic E-state index is 10.7. The lowest BCUT2D eigenvalue weighted by molar-refractivity contribution is -0.137. The van der Waals surface area contributed by atoms with Gasteiger partial charge < -0.3 is 10.0 Å². The van der Waals surface area contributed by atoms with Gasteiger partial charge in [-0.1, -0.05) is 6.08 Å². The van der Waals surface area contributed by atoms with Gasteiger partial charge in [-0.05, 0) is 0 Å². The van der Waals surface area contributed by atoms with Crippen LogP contribution in [0.1, 0.15) is 6.42 Å². The van der Waals surface area contributed by atoms with Crippen molar-refractivity contribution in [2.75, 3.05) is 12.9 Å². The Hall–Kier alpha value is -0.480. The lowest BCUT2D eigenvalue weighted by atomic mass is 10.2. The number of hydrogen-bond donors (Lipinski definition) is 1. The summed E-state index contributed by atoms with van der Waals surface area (Å²) in [6, 6.07) is 0. The Kier molecular flexibility index (Phi) is 2.96. The number of aliphatic hydroxyl groups is 1. The van der Waals surface area contributed by atoms with E-state index in [-0.39, 0.29) is 5.91 Å². The molecule has 1 fully saturated rings. The van der Waals surface area contributed by atoms with Gasteiger partial charge in [0.25, 0.3) is 0 Å². The van der Waals surface area contributed by atoms with Gasteiger partial charge in [-0.2, -0.15) is 0 Å². The van der Waals surface area contributed by atoms with Crippen molar-refractivity contribution in [3.05, 3.63) is 12.3 Å². The zero-order valence-electron chi connectivity index (χ0n) is 6.36. The van der Waals surface area contributed by atoms with Gasteiger partial charge in [-0.3, -0.25) is 4.79 Å². The van der Waals surface area contributed by atoms with Crippen molar-refractivity contribution in [3.8, 4) is 0 Å². The molecule has 1 saturated heterocycles. The number of thioether (sulfide) groups is 1. The molecule has 0 aromatic rings. The van der Waals surface area contributed by atoms with E-state index in [4.69, 9.17) is 5.11 Å². The van der Waals surface area contributed by atoms with Crippen LogP contribution in [0.15, 0.2) is 12.3 Å². The largest absolute Gasteiger partial charge is 0.400 e. The molecule has 1 amide bonds. The third-order valence-corrected chi connectivity index (χ3v) is 2.76. The molecule has 11 heavy (non-hydrogen) atoms. The normalized spacial score (nSPS) is 26.5. The van der Waals surface area contributed by atoms with Crippen LogP contribution in [0.3, 0.4) is 0 Å². The molecular weight excluding hydrogens is 162 g/mol. The monoisotopic (exact) mass is 173 g/mol. The minimum atomic E-state index is 0.267. The average Bonchev–Trinajstić information content (AvgIpc) is 2.07. The van der Waals surface area contributed by atoms with E-state index in [1.807, 2.05) is 24.0 Å². The van der Waals surface area contributed by atoms with Crippen LogP contribution in [0.5, 0.6) is 0 Å². The Morgan fingerprint density at radius 3 is 2.91 bits per heavy atom. The summed E-state index contributed by atoms with van der Waals surface area (Å²) in [6.45, 7) is 0. The summed E-state index contributed by atoms with van der Waals surface area (Å²) in [6.07, 6.45) is 4.67. The van der Waals surface area contributed by atoms with E-state index in [1.54, 1.807) is 4.90 Å². The molecule has 2 aliphatic rings. The fraction of sp³-hybridized carbons (Fsp3) is 0.571. The Bertz CT molecular complexity index is 181. The van der Waals surface area contributed by atoms with Crippen molar-refractivity contribution in [1.82, 2.24) is 4.90 Å². The second-order valence-corrected chi connectivity index (χ2v) is 3.39. The van der Waals surface area contributed by atoms with Gasteiger partial charge in [-0.25, -0.2) is 0 Å². The van der Waals surface area contributed by atoms with Crippen LogP contribution in [-0.4, -0.2) is 34.2 Å². The van der Waals surface area contributed by atoms with Gasteiger partial charge >= 0.3 is 0 Å². The molecule has 0 unspecified atom stereocenters. The van der Waals surface area contributed by atoms with E-state index >= 15 is 0 Å². The Morgan fingerprint density at radius 1 is 1.73 bits per heavy atom. The SMILES string of the molecule is CO.O=C1C[C@@H]2SCC=CN12. The van der Waals surface area contributed by atoms with E-state index in [0.717, 1.165) is 19.3 Å². The first-order chi connectivity index (χ1) is 5.38. The molecule has 0 bridgehead atoms. The smallest absolute Gasteiger partial charge is 0.230 e. The predicted molar refractivity (Wildman–Crippen MR) is 45.0 cm³/mol. The third kappa shape index (κ3) is 1.57. The molecule has 0 saturated carbocycles. The van der Waals surface area contributed by atoms with Crippen LogP contribution in [-0.2, 0) is 4.79 Å². The van der Waals surface area contributed by atoms with Crippen molar-refractivity contribution in [2.45, 2.75) is 11.8 Å². The molecule has 2 aliphatic heterocycles. The number of carbonyl (C=O) groups excluding carboxylic acids is 1. The minimum absolute atomic E-state index is 0.267. The fourth-order valence-corrected chi connectivity index (χ4v) is 2.07. The predicted octanol–water partition coefficient (Wildman–Crippen LogP) is 0.414. The standard InChI is InChI=1S/C6H7NOS.CH4O/c8-5-4-6-7(5)2-1-3-9-6;1-2/h1-2,6H,3-4H2;2H,1H3/t6-;/m0./s1. The molecule has 3 nitrogen and oxygen atoms in total. The van der Waals surface area contributed by atoms with Crippen molar-refractivity contribution in [3.63, 3.8) is 0 Å². The minimum Gasteiger partial charge on any atom is -0.400 e. The quantitative estimate of drug-likeness (QED) is 0.539. The van der Waals surface area contributed by atoms with E-state index in [0.29, 0.717) is 5.37 Å². The number of nitrogens with zero attached hydrogens (tertiary/aromatic N) is 1. The molecule has 1 atom stereocenters. The highest BCUT2D eigenvalue weighted by Gasteiger charge is 2.35. The summed E-state index contributed by atoms with van der Waals surface area (Å²) in [5.74, 6) is 1.33. The summed E-state index contributed by atoms with van der Waals surface area (Å²) in [4.78, 5) is 12.5. The topological polar surface area (TPSA) is 40.5 Å². The molecule has 0 aromatic heterocycles. The first-order valence-electron chi connectivity index (χ1n) is 3.42. The maximum absolute atomic E-state index is 10.7. The van der Waals surface area contributed by atoms with Gasteiger partial charge in [0.1, 0.15) is 0 Å². The van der Waals surface area contributed by atoms with Gasteiger partial charge in [0.15, 0.2) is 0 Å². The molecule has 0 aromatic carbocycles. The summed E-state index contributed by atoms with van der Waals surface area (Å²) in [5.41, 5.74) is 0. The number of β-lactam (4-membered cyclic amide) rings is 1. The highest BCUT2D eigenvalue weighted by molar-refractivity contribution is 8.00.